The van der Waals surface area contributed by atoms with Crippen LogP contribution in [0.25, 0.3) is 0 Å². The van der Waals surface area contributed by atoms with Gasteiger partial charge < -0.3 is 10.2 Å². The number of rotatable bonds is 3. The Morgan fingerprint density at radius 2 is 1.94 bits per heavy atom. The molecule has 34 heavy (non-hydrogen) atoms. The number of aromatic nitrogens is 2. The van der Waals surface area contributed by atoms with Gasteiger partial charge >= 0.3 is 6.18 Å². The van der Waals surface area contributed by atoms with Gasteiger partial charge in [-0.25, -0.2) is 0 Å². The maximum absolute atomic E-state index is 12.8. The van der Waals surface area contributed by atoms with Gasteiger partial charge in [0.2, 0.25) is 22.0 Å². The molecule has 2 amide bonds. The predicted molar refractivity (Wildman–Crippen MR) is 122 cm³/mol. The third-order valence-electron chi connectivity index (χ3n) is 9.67. The van der Waals surface area contributed by atoms with Gasteiger partial charge in [-0.05, 0) is 73.7 Å². The zero-order chi connectivity index (χ0) is 24.5. The van der Waals surface area contributed by atoms with Crippen molar-refractivity contribution in [2.24, 2.45) is 34.5 Å². The van der Waals surface area contributed by atoms with Crippen molar-refractivity contribution in [2.45, 2.75) is 71.0 Å². The Hall–Kier alpha value is -1.97. The molecule has 2 heterocycles. The first-order chi connectivity index (χ1) is 15.9. The monoisotopic (exact) mass is 496 g/mol. The Morgan fingerprint density at radius 1 is 1.18 bits per heavy atom. The van der Waals surface area contributed by atoms with Gasteiger partial charge in [-0.2, -0.15) is 13.2 Å². The van der Waals surface area contributed by atoms with Crippen molar-refractivity contribution in [3.05, 3.63) is 17.2 Å². The summed E-state index contributed by atoms with van der Waals surface area (Å²) in [7, 11) is 1.92. The molecule has 10 heteroatoms. The summed E-state index contributed by atoms with van der Waals surface area (Å²) in [5.41, 5.74) is 0.0243. The van der Waals surface area contributed by atoms with Crippen molar-refractivity contribution >= 4 is 28.3 Å². The summed E-state index contributed by atoms with van der Waals surface area (Å²) in [5.74, 6) is 1.61. The summed E-state index contributed by atoms with van der Waals surface area (Å²) in [6, 6.07) is 0.243. The second-order valence-electron chi connectivity index (χ2n) is 11.1. The van der Waals surface area contributed by atoms with Crippen LogP contribution in [0.5, 0.6) is 0 Å². The quantitative estimate of drug-likeness (QED) is 0.629. The van der Waals surface area contributed by atoms with Crippen LogP contribution in [0.4, 0.5) is 18.3 Å². The normalized spacial score (nSPS) is 39.4. The number of anilines is 1. The second kappa shape index (κ2) is 8.03. The third-order valence-corrected chi connectivity index (χ3v) is 10.6. The number of halogens is 3. The molecule has 4 unspecified atom stereocenters. The lowest BCUT2D eigenvalue weighted by atomic mass is 9.47. The molecule has 1 N–H and O–H groups in total. The average molecular weight is 497 g/mol. The van der Waals surface area contributed by atoms with Gasteiger partial charge in [0.05, 0.1) is 0 Å². The van der Waals surface area contributed by atoms with E-state index in [2.05, 4.69) is 35.4 Å². The number of hydrogen-bond acceptors (Lipinski definition) is 5. The molecule has 3 fully saturated rings. The van der Waals surface area contributed by atoms with E-state index < -0.39 is 11.2 Å². The van der Waals surface area contributed by atoms with Crippen LogP contribution in [0.2, 0.25) is 0 Å². The van der Waals surface area contributed by atoms with E-state index in [9.17, 15) is 22.8 Å². The van der Waals surface area contributed by atoms with Crippen molar-refractivity contribution in [2.75, 3.05) is 12.4 Å². The fourth-order valence-corrected chi connectivity index (χ4v) is 8.59. The predicted octanol–water partition coefficient (Wildman–Crippen LogP) is 5.14. The van der Waals surface area contributed by atoms with E-state index in [0.717, 1.165) is 38.5 Å². The molecule has 1 aromatic rings. The highest BCUT2D eigenvalue weighted by Crippen LogP contribution is 2.66. The number of carbonyl (C=O) groups is 2. The Morgan fingerprint density at radius 3 is 2.65 bits per heavy atom. The Labute approximate surface area is 201 Å². The fraction of sp³-hybridized carbons (Fsp3) is 0.750. The second-order valence-corrected chi connectivity index (χ2v) is 12.1. The molecule has 0 radical (unpaired) electrons. The zero-order valence-corrected chi connectivity index (χ0v) is 20.5. The van der Waals surface area contributed by atoms with Crippen LogP contribution in [-0.2, 0) is 15.8 Å². The van der Waals surface area contributed by atoms with Crippen LogP contribution < -0.4 is 5.32 Å². The smallest absolute Gasteiger partial charge is 0.338 e. The van der Waals surface area contributed by atoms with Gasteiger partial charge in [0.25, 0.3) is 0 Å². The molecule has 6 nitrogen and oxygen atoms in total. The van der Waals surface area contributed by atoms with E-state index in [1.54, 1.807) is 6.08 Å². The molecule has 4 aliphatic rings. The highest BCUT2D eigenvalue weighted by Gasteiger charge is 2.60. The van der Waals surface area contributed by atoms with Crippen LogP contribution in [0.3, 0.4) is 0 Å². The van der Waals surface area contributed by atoms with Gasteiger partial charge in [0, 0.05) is 24.9 Å². The summed E-state index contributed by atoms with van der Waals surface area (Å²) in [6.45, 7) is 4.63. The van der Waals surface area contributed by atoms with E-state index in [-0.39, 0.29) is 39.7 Å². The first-order valence-corrected chi connectivity index (χ1v) is 12.9. The SMILES string of the molecule is CN1C(=O)C=C[C@]2(C)C3CC[C@@]4(C)C(CC[C@@H]4CC(=O)Nc4nnc(C(F)(F)F)s4)C3CCC12. The topological polar surface area (TPSA) is 75.2 Å². The molecule has 3 saturated carbocycles. The number of nitrogens with zero attached hydrogens (tertiary/aromatic N) is 3. The molecule has 0 saturated heterocycles. The number of hydrogen-bond donors (Lipinski definition) is 1. The van der Waals surface area contributed by atoms with Crippen molar-refractivity contribution < 1.29 is 22.8 Å². The molecule has 0 spiro atoms. The maximum atomic E-state index is 12.8. The Kier molecular flexibility index (Phi) is 5.61. The van der Waals surface area contributed by atoms with Gasteiger partial charge in [-0.15, -0.1) is 10.2 Å². The van der Waals surface area contributed by atoms with Gasteiger partial charge in [0.1, 0.15) is 0 Å². The van der Waals surface area contributed by atoms with Gasteiger partial charge in [-0.3, -0.25) is 9.59 Å². The van der Waals surface area contributed by atoms with Crippen molar-refractivity contribution in [1.29, 1.82) is 0 Å². The lowest BCUT2D eigenvalue weighted by Crippen LogP contribution is -2.59. The number of fused-ring (bicyclic) bond motifs is 5. The fourth-order valence-electron chi connectivity index (χ4n) is 7.96. The minimum Gasteiger partial charge on any atom is -0.338 e. The van der Waals surface area contributed by atoms with Crippen LogP contribution >= 0.6 is 11.3 Å². The molecule has 0 bridgehead atoms. The first-order valence-electron chi connectivity index (χ1n) is 12.1. The summed E-state index contributed by atoms with van der Waals surface area (Å²) in [5, 5.41) is 8.02. The van der Waals surface area contributed by atoms with Gasteiger partial charge in [0.15, 0.2) is 0 Å². The number of amides is 2. The summed E-state index contributed by atoms with van der Waals surface area (Å²) in [4.78, 5) is 26.9. The molecule has 5 rings (SSSR count). The lowest BCUT2D eigenvalue weighted by molar-refractivity contribution is -0.139. The average Bonchev–Trinajstić information content (AvgIpc) is 3.36. The van der Waals surface area contributed by atoms with E-state index in [1.807, 2.05) is 11.9 Å². The molecule has 1 aliphatic heterocycles. The lowest BCUT2D eigenvalue weighted by Gasteiger charge is -2.60. The van der Waals surface area contributed by atoms with E-state index in [1.165, 1.54) is 0 Å². The van der Waals surface area contributed by atoms with E-state index in [4.69, 9.17) is 0 Å². The molecule has 7 atom stereocenters. The van der Waals surface area contributed by atoms with E-state index in [0.29, 0.717) is 35.5 Å². The third kappa shape index (κ3) is 3.67. The minimum absolute atomic E-state index is 0.0175. The van der Waals surface area contributed by atoms with Crippen LogP contribution in [-0.4, -0.2) is 40.0 Å². The van der Waals surface area contributed by atoms with Crippen LogP contribution in [0.15, 0.2) is 12.2 Å². The molecular formula is C24H31F3N4O2S. The number of likely N-dealkylation sites (N-methyl/N-ethyl adjacent to an activating group) is 1. The molecule has 1 aromatic heterocycles. The summed E-state index contributed by atoms with van der Waals surface area (Å²) < 4.78 is 38.3. The largest absolute Gasteiger partial charge is 0.445 e. The van der Waals surface area contributed by atoms with Gasteiger partial charge in [-0.1, -0.05) is 31.3 Å². The molecule has 186 valence electrons. The number of nitrogens with one attached hydrogen (secondary N) is 1. The van der Waals surface area contributed by atoms with Crippen LogP contribution in [0.1, 0.15) is 63.8 Å². The first kappa shape index (κ1) is 23.8. The van der Waals surface area contributed by atoms with Crippen molar-refractivity contribution in [3.8, 4) is 0 Å². The summed E-state index contributed by atoms with van der Waals surface area (Å²) in [6.07, 6.45) is 5.87. The number of carbonyl (C=O) groups excluding carboxylic acids is 2. The number of alkyl halides is 3. The highest BCUT2D eigenvalue weighted by atomic mass is 32.1. The molecule has 3 aliphatic carbocycles. The maximum Gasteiger partial charge on any atom is 0.445 e. The van der Waals surface area contributed by atoms with Crippen LogP contribution in [0, 0.1) is 34.5 Å². The Balaban J connectivity index is 1.28. The van der Waals surface area contributed by atoms with E-state index >= 15 is 0 Å². The highest BCUT2D eigenvalue weighted by molar-refractivity contribution is 7.15. The molecule has 0 aromatic carbocycles. The standard InChI is InChI=1S/C24H31F3N4O2S/c1-22-10-8-16-14(5-7-17-23(16,2)11-9-19(33)31(17)3)15(22)6-4-13(22)12-18(32)28-21-30-29-20(34-21)24(25,26)27/h9,11,13-17H,4-8,10,12H2,1-3H3,(H,28,30,32)/t13-,14?,15?,16?,17?,22-,23-/m1/s1. The Bertz CT molecular complexity index is 1030. The molecular weight excluding hydrogens is 465 g/mol. The van der Waals surface area contributed by atoms with Crippen molar-refractivity contribution in [3.63, 3.8) is 0 Å². The van der Waals surface area contributed by atoms with Crippen molar-refractivity contribution in [1.82, 2.24) is 15.1 Å². The minimum atomic E-state index is -4.56. The summed E-state index contributed by atoms with van der Waals surface area (Å²) >= 11 is 0.360. The zero-order valence-electron chi connectivity index (χ0n) is 19.7.